The summed E-state index contributed by atoms with van der Waals surface area (Å²) in [6.45, 7) is 1.75. The monoisotopic (exact) mass is 596 g/mol. The lowest BCUT2D eigenvalue weighted by atomic mass is 9.58. The molecule has 2 aliphatic heterocycles. The molecule has 0 spiro atoms. The molecule has 0 saturated carbocycles. The van der Waals surface area contributed by atoms with E-state index < -0.39 is 47.7 Å². The number of nitro benzene ring substituents is 1. The maximum absolute atomic E-state index is 13.8. The minimum absolute atomic E-state index is 0.105. The van der Waals surface area contributed by atoms with Gasteiger partial charge in [0, 0.05) is 17.5 Å². The molecule has 2 amide bonds. The molecule has 44 heavy (non-hydrogen) atoms. The quantitative estimate of drug-likeness (QED) is 0.108. The third-order valence-electron chi connectivity index (χ3n) is 9.27. The lowest BCUT2D eigenvalue weighted by molar-refractivity contribution is -0.384. The van der Waals surface area contributed by atoms with Crippen LogP contribution >= 0.6 is 0 Å². The van der Waals surface area contributed by atoms with Crippen molar-refractivity contribution >= 4 is 47.2 Å². The first-order valence-corrected chi connectivity index (χ1v) is 14.9. The summed E-state index contributed by atoms with van der Waals surface area (Å²) in [6.07, 6.45) is 3.70. The number of phenols is 1. The highest BCUT2D eigenvalue weighted by Gasteiger charge is 2.57. The van der Waals surface area contributed by atoms with Crippen molar-refractivity contribution in [1.82, 2.24) is 0 Å². The van der Waals surface area contributed by atoms with Gasteiger partial charge in [-0.3, -0.25) is 19.7 Å². The molecule has 3 aliphatic rings. The number of carbonyl (C=O) groups excluding carboxylic acids is 2. The maximum atomic E-state index is 13.8. The number of non-ortho nitro benzene ring substituents is 1. The number of nitro groups is 1. The number of fused-ring (bicyclic) bond motifs is 4. The molecule has 3 N–H and O–H groups in total. The van der Waals surface area contributed by atoms with E-state index in [2.05, 4.69) is 13.0 Å². The number of nitrogens with zero attached hydrogens (tertiary/aromatic N) is 2. The Kier molecular flexibility index (Phi) is 8.11. The van der Waals surface area contributed by atoms with Crippen molar-refractivity contribution in [2.45, 2.75) is 45.0 Å². The van der Waals surface area contributed by atoms with E-state index in [0.29, 0.717) is 18.4 Å². The van der Waals surface area contributed by atoms with E-state index in [9.17, 15) is 34.9 Å². The molecule has 0 radical (unpaired) electrons. The molecule has 11 heteroatoms. The van der Waals surface area contributed by atoms with Crippen LogP contribution in [0.25, 0.3) is 16.8 Å². The first-order valence-electron chi connectivity index (χ1n) is 14.9. The first-order chi connectivity index (χ1) is 21.2. The van der Waals surface area contributed by atoms with Crippen LogP contribution in [-0.2, 0) is 14.2 Å². The van der Waals surface area contributed by atoms with Crippen LogP contribution in [0, 0.1) is 27.9 Å². The number of imide groups is 1. The Hall–Kier alpha value is -4.32. The Balaban J connectivity index is 1.28. The number of hydrogen-bond donors (Lipinski definition) is 3. The number of aliphatic hydroxyl groups is 1. The van der Waals surface area contributed by atoms with Gasteiger partial charge in [0.05, 0.1) is 35.2 Å². The van der Waals surface area contributed by atoms with Gasteiger partial charge in [0.1, 0.15) is 5.75 Å². The summed E-state index contributed by atoms with van der Waals surface area (Å²) in [5.74, 6) is -2.72. The molecule has 3 aromatic rings. The predicted octanol–water partition coefficient (Wildman–Crippen LogP) is 5.02. The van der Waals surface area contributed by atoms with Gasteiger partial charge >= 0.3 is 7.12 Å². The molecule has 4 atom stereocenters. The van der Waals surface area contributed by atoms with Crippen molar-refractivity contribution in [3.05, 3.63) is 93.1 Å². The van der Waals surface area contributed by atoms with Gasteiger partial charge in [-0.25, -0.2) is 4.90 Å². The number of rotatable bonds is 8. The summed E-state index contributed by atoms with van der Waals surface area (Å²) < 4.78 is 6.02. The summed E-state index contributed by atoms with van der Waals surface area (Å²) in [5.41, 5.74) is 3.43. The minimum Gasteiger partial charge on any atom is -0.507 e. The Morgan fingerprint density at radius 1 is 1.09 bits per heavy atom. The van der Waals surface area contributed by atoms with E-state index >= 15 is 0 Å². The van der Waals surface area contributed by atoms with E-state index in [4.69, 9.17) is 4.65 Å². The van der Waals surface area contributed by atoms with Crippen LogP contribution in [0.15, 0.2) is 77.4 Å². The van der Waals surface area contributed by atoms with Crippen molar-refractivity contribution in [3.63, 3.8) is 0 Å². The summed E-state index contributed by atoms with van der Waals surface area (Å²) in [4.78, 5) is 39.2. The number of carbonyl (C=O) groups is 2. The molecule has 226 valence electrons. The molecular formula is C33H33BN2O8. The molecule has 0 bridgehead atoms. The van der Waals surface area contributed by atoms with Crippen LogP contribution in [0.1, 0.15) is 38.2 Å². The predicted molar refractivity (Wildman–Crippen MR) is 166 cm³/mol. The fraction of sp³-hybridized carbons (Fsp3) is 0.333. The lowest BCUT2D eigenvalue weighted by Gasteiger charge is -2.43. The van der Waals surface area contributed by atoms with Gasteiger partial charge in [-0.15, -0.1) is 0 Å². The van der Waals surface area contributed by atoms with Gasteiger partial charge in [-0.1, -0.05) is 55.0 Å². The van der Waals surface area contributed by atoms with Crippen LogP contribution in [0.2, 0.25) is 6.32 Å². The second kappa shape index (κ2) is 12.0. The standard InChI is InChI=1S/C33H33BN2O8/c1-2-19(14-20-11-12-28(38)25-9-4-3-8-24(20)25)10-13-29-30-21(18-37)15-26-31(27(30)17-34(41)44-29)33(40)35(32(26)39)22-6-5-7-23(16-22)36(42)43/h3-9,11-12,14,16,26-27,29,31,37-38,41H,2,10,13,15,17-18H2,1H3/b19-14+/t26-,27+,29-,31-/m1/s1. The fourth-order valence-corrected chi connectivity index (χ4v) is 7.23. The normalized spacial score (nSPS) is 23.8. The van der Waals surface area contributed by atoms with Gasteiger partial charge in [0.2, 0.25) is 11.8 Å². The summed E-state index contributed by atoms with van der Waals surface area (Å²) in [5, 5.41) is 44.6. The summed E-state index contributed by atoms with van der Waals surface area (Å²) >= 11 is 0. The molecule has 1 aliphatic carbocycles. The third-order valence-corrected chi connectivity index (χ3v) is 9.27. The Labute approximate surface area is 254 Å². The van der Waals surface area contributed by atoms with Gasteiger partial charge in [-0.2, -0.15) is 0 Å². The van der Waals surface area contributed by atoms with Crippen LogP contribution in [0.4, 0.5) is 11.4 Å². The molecule has 0 unspecified atom stereocenters. The van der Waals surface area contributed by atoms with Crippen molar-refractivity contribution in [2.24, 2.45) is 17.8 Å². The highest BCUT2D eigenvalue weighted by Crippen LogP contribution is 2.51. The topological polar surface area (TPSA) is 150 Å². The lowest BCUT2D eigenvalue weighted by Crippen LogP contribution is -2.46. The molecule has 2 saturated heterocycles. The zero-order valence-corrected chi connectivity index (χ0v) is 24.3. The average molecular weight is 596 g/mol. The van der Waals surface area contributed by atoms with Crippen molar-refractivity contribution in [2.75, 3.05) is 11.5 Å². The highest BCUT2D eigenvalue weighted by molar-refractivity contribution is 6.43. The van der Waals surface area contributed by atoms with E-state index in [-0.39, 0.29) is 36.5 Å². The summed E-state index contributed by atoms with van der Waals surface area (Å²) in [6, 6.07) is 16.7. The highest BCUT2D eigenvalue weighted by atomic mass is 16.6. The Bertz CT molecular complexity index is 1720. The largest absolute Gasteiger partial charge is 0.507 e. The Morgan fingerprint density at radius 3 is 2.59 bits per heavy atom. The van der Waals surface area contributed by atoms with Gasteiger partial charge in [-0.05, 0) is 72.1 Å². The van der Waals surface area contributed by atoms with Crippen LogP contribution in [0.3, 0.4) is 0 Å². The number of anilines is 1. The molecule has 0 aromatic heterocycles. The average Bonchev–Trinajstić information content (AvgIpc) is 3.28. The minimum atomic E-state index is -1.16. The van der Waals surface area contributed by atoms with Crippen LogP contribution < -0.4 is 4.90 Å². The number of benzene rings is 3. The zero-order chi connectivity index (χ0) is 31.1. The fourth-order valence-electron chi connectivity index (χ4n) is 7.23. The number of hydrogen-bond acceptors (Lipinski definition) is 8. The van der Waals surface area contributed by atoms with E-state index in [1.54, 1.807) is 6.07 Å². The van der Waals surface area contributed by atoms with Crippen LogP contribution in [-0.4, -0.2) is 51.8 Å². The number of phenolic OH excluding ortho intramolecular Hbond substituents is 1. The van der Waals surface area contributed by atoms with E-state index in [1.165, 1.54) is 24.3 Å². The zero-order valence-electron chi connectivity index (χ0n) is 24.3. The van der Waals surface area contributed by atoms with Gasteiger partial charge in [0.25, 0.3) is 5.69 Å². The second-order valence-corrected chi connectivity index (χ2v) is 11.7. The number of amides is 2. The van der Waals surface area contributed by atoms with E-state index in [1.807, 2.05) is 30.3 Å². The molecule has 2 fully saturated rings. The first kappa shape index (κ1) is 29.7. The van der Waals surface area contributed by atoms with Gasteiger partial charge in [0.15, 0.2) is 0 Å². The second-order valence-electron chi connectivity index (χ2n) is 11.7. The van der Waals surface area contributed by atoms with E-state index in [0.717, 1.165) is 38.8 Å². The molecule has 2 heterocycles. The number of aromatic hydroxyl groups is 1. The maximum Gasteiger partial charge on any atom is 0.455 e. The molecule has 10 nitrogen and oxygen atoms in total. The van der Waals surface area contributed by atoms with Crippen molar-refractivity contribution in [1.29, 1.82) is 0 Å². The molecular weight excluding hydrogens is 563 g/mol. The van der Waals surface area contributed by atoms with Crippen LogP contribution in [0.5, 0.6) is 5.75 Å². The Morgan fingerprint density at radius 2 is 1.86 bits per heavy atom. The number of allylic oxidation sites excluding steroid dienone is 1. The smallest absolute Gasteiger partial charge is 0.455 e. The van der Waals surface area contributed by atoms with Gasteiger partial charge < -0.3 is 19.9 Å². The SMILES string of the molecule is CC/C(=C\c1ccc(O)c2ccccc12)CC[C@H]1OB(O)C[C@H]2C1=C(CO)C[C@H]1C(=O)N(c3cccc([N+](=O)[O-])c3)C(=O)[C@H]12. The van der Waals surface area contributed by atoms with Crippen molar-refractivity contribution < 1.29 is 34.4 Å². The summed E-state index contributed by atoms with van der Waals surface area (Å²) in [7, 11) is -1.16. The molecule has 6 rings (SSSR count). The number of aliphatic hydroxyl groups excluding tert-OH is 1. The van der Waals surface area contributed by atoms with Crippen molar-refractivity contribution in [3.8, 4) is 5.75 Å². The molecule has 3 aromatic carbocycles. The third kappa shape index (κ3) is 5.21.